The summed E-state index contributed by atoms with van der Waals surface area (Å²) < 4.78 is 39.1. The van der Waals surface area contributed by atoms with Gasteiger partial charge in [-0.05, 0) is 27.6 Å². The minimum absolute atomic E-state index is 0.103. The zero-order valence-corrected chi connectivity index (χ0v) is 10.0. The quantitative estimate of drug-likeness (QED) is 0.696. The molecule has 0 radical (unpaired) electrons. The molecular formula is C9H5ClF3N2OP. The van der Waals surface area contributed by atoms with Gasteiger partial charge >= 0.3 is 11.9 Å². The molecule has 0 bridgehead atoms. The topological polar surface area (TPSA) is 34.9 Å². The smallest absolute Gasteiger partial charge is 0.277 e. The van der Waals surface area contributed by atoms with Crippen molar-refractivity contribution >= 4 is 31.9 Å². The van der Waals surface area contributed by atoms with Crippen molar-refractivity contribution in [2.24, 2.45) is 0 Å². The number of aromatic nitrogens is 2. The van der Waals surface area contributed by atoms with E-state index in [4.69, 9.17) is 11.6 Å². The average Bonchev–Trinajstić information content (AvgIpc) is 2.21. The first-order chi connectivity index (χ1) is 7.80. The van der Waals surface area contributed by atoms with Crippen LogP contribution in [0.2, 0.25) is 5.02 Å². The molecule has 0 spiro atoms. The Balaban J connectivity index is 2.98. The van der Waals surface area contributed by atoms with E-state index >= 15 is 0 Å². The van der Waals surface area contributed by atoms with E-state index in [1.54, 1.807) is 0 Å². The molecule has 0 aliphatic carbocycles. The fraction of sp³-hybridized carbons (Fsp3) is 0.111. The maximum atomic E-state index is 12.7. The number of alkyl halides is 3. The number of hydrogen-bond acceptors (Lipinski definition) is 2. The van der Waals surface area contributed by atoms with E-state index in [1.807, 2.05) is 9.39 Å². The first kappa shape index (κ1) is 12.3. The first-order valence-electron chi connectivity index (χ1n) is 4.35. The van der Waals surface area contributed by atoms with Gasteiger partial charge in [-0.2, -0.15) is 18.2 Å². The molecule has 1 aromatic heterocycles. The van der Waals surface area contributed by atoms with Crippen molar-refractivity contribution in [3.8, 4) is 0 Å². The van der Waals surface area contributed by atoms with Crippen molar-refractivity contribution < 1.29 is 13.2 Å². The monoisotopic (exact) mass is 280 g/mol. The highest BCUT2D eigenvalue weighted by molar-refractivity contribution is 7.14. The van der Waals surface area contributed by atoms with Crippen LogP contribution in [0.4, 0.5) is 13.2 Å². The van der Waals surface area contributed by atoms with Gasteiger partial charge in [-0.25, -0.2) is 4.79 Å². The second-order valence-electron chi connectivity index (χ2n) is 3.27. The van der Waals surface area contributed by atoms with E-state index in [2.05, 4.69) is 4.98 Å². The zero-order chi connectivity index (χ0) is 12.8. The van der Waals surface area contributed by atoms with Crippen LogP contribution >= 0.6 is 21.0 Å². The van der Waals surface area contributed by atoms with Crippen molar-refractivity contribution in [2.45, 2.75) is 6.18 Å². The van der Waals surface area contributed by atoms with Gasteiger partial charge in [0.05, 0.1) is 5.52 Å². The van der Waals surface area contributed by atoms with Crippen LogP contribution in [0.3, 0.4) is 0 Å². The molecule has 17 heavy (non-hydrogen) atoms. The van der Waals surface area contributed by atoms with Crippen LogP contribution in [0.15, 0.2) is 23.0 Å². The third kappa shape index (κ3) is 2.15. The van der Waals surface area contributed by atoms with Crippen LogP contribution < -0.4 is 5.69 Å². The van der Waals surface area contributed by atoms with E-state index in [9.17, 15) is 18.0 Å². The van der Waals surface area contributed by atoms with E-state index < -0.39 is 17.6 Å². The molecule has 1 heterocycles. The Morgan fingerprint density at radius 1 is 1.35 bits per heavy atom. The zero-order valence-electron chi connectivity index (χ0n) is 8.12. The van der Waals surface area contributed by atoms with Crippen molar-refractivity contribution in [2.75, 3.05) is 0 Å². The summed E-state index contributed by atoms with van der Waals surface area (Å²) in [4.78, 5) is 14.3. The summed E-state index contributed by atoms with van der Waals surface area (Å²) in [7, 11) is 2.01. The molecule has 1 aromatic carbocycles. The Hall–Kier alpha value is -1.13. The number of rotatable bonds is 0. The fourth-order valence-corrected chi connectivity index (χ4v) is 1.89. The van der Waals surface area contributed by atoms with Gasteiger partial charge in [0.2, 0.25) is 0 Å². The third-order valence-corrected chi connectivity index (χ3v) is 2.89. The molecule has 3 nitrogen and oxygen atoms in total. The van der Waals surface area contributed by atoms with Crippen LogP contribution in [0, 0.1) is 0 Å². The number of hydrogen-bond donors (Lipinski definition) is 0. The lowest BCUT2D eigenvalue weighted by atomic mass is 10.2. The fourth-order valence-electron chi connectivity index (χ4n) is 1.44. The molecule has 0 N–H and O–H groups in total. The number of halogens is 4. The highest BCUT2D eigenvalue weighted by Crippen LogP contribution is 2.33. The van der Waals surface area contributed by atoms with Crippen LogP contribution in [0.25, 0.3) is 10.9 Å². The van der Waals surface area contributed by atoms with Crippen LogP contribution in [0.1, 0.15) is 5.69 Å². The first-order valence-corrected chi connectivity index (χ1v) is 5.25. The summed E-state index contributed by atoms with van der Waals surface area (Å²) in [5.41, 5.74) is -2.11. The van der Waals surface area contributed by atoms with Gasteiger partial charge in [0.15, 0.2) is 5.69 Å². The summed E-state index contributed by atoms with van der Waals surface area (Å²) in [5, 5.41) is -0.0620. The van der Waals surface area contributed by atoms with E-state index in [1.165, 1.54) is 12.1 Å². The molecule has 8 heteroatoms. The van der Waals surface area contributed by atoms with Crippen LogP contribution in [-0.2, 0) is 6.18 Å². The molecule has 90 valence electrons. The van der Waals surface area contributed by atoms with Gasteiger partial charge < -0.3 is 0 Å². The highest BCUT2D eigenvalue weighted by Gasteiger charge is 2.35. The van der Waals surface area contributed by atoms with Crippen LogP contribution in [0.5, 0.6) is 0 Å². The maximum absolute atomic E-state index is 12.7. The van der Waals surface area contributed by atoms with Gasteiger partial charge in [0, 0.05) is 10.4 Å². The Morgan fingerprint density at radius 3 is 2.59 bits per heavy atom. The second kappa shape index (κ2) is 3.96. The molecule has 2 aromatic rings. The molecule has 0 aliphatic rings. The van der Waals surface area contributed by atoms with Crippen molar-refractivity contribution in [3.63, 3.8) is 0 Å². The summed E-state index contributed by atoms with van der Waals surface area (Å²) >= 11 is 5.64. The Morgan fingerprint density at radius 2 is 2.00 bits per heavy atom. The van der Waals surface area contributed by atoms with Crippen molar-refractivity contribution in [1.29, 1.82) is 0 Å². The molecule has 0 saturated heterocycles. The molecular weight excluding hydrogens is 276 g/mol. The predicted molar refractivity (Wildman–Crippen MR) is 61.1 cm³/mol. The summed E-state index contributed by atoms with van der Waals surface area (Å²) in [6, 6.07) is 3.87. The molecule has 0 amide bonds. The summed E-state index contributed by atoms with van der Waals surface area (Å²) in [5.74, 6) is 0. The molecule has 1 atom stereocenters. The number of nitrogens with zero attached hydrogens (tertiary/aromatic N) is 2. The van der Waals surface area contributed by atoms with E-state index in [0.717, 1.165) is 10.4 Å². The molecule has 2 rings (SSSR count). The van der Waals surface area contributed by atoms with Crippen molar-refractivity contribution in [3.05, 3.63) is 39.4 Å². The van der Waals surface area contributed by atoms with Gasteiger partial charge in [0.1, 0.15) is 0 Å². The van der Waals surface area contributed by atoms with Gasteiger partial charge in [-0.15, -0.1) is 0 Å². The molecule has 0 fully saturated rings. The second-order valence-corrected chi connectivity index (χ2v) is 4.23. The van der Waals surface area contributed by atoms with Gasteiger partial charge in [-0.1, -0.05) is 11.6 Å². The average molecular weight is 281 g/mol. The van der Waals surface area contributed by atoms with Gasteiger partial charge in [-0.3, -0.25) is 4.34 Å². The normalized spacial score (nSPS) is 12.1. The third-order valence-electron chi connectivity index (χ3n) is 2.16. The predicted octanol–water partition coefficient (Wildman–Crippen LogP) is 2.71. The van der Waals surface area contributed by atoms with Crippen molar-refractivity contribution in [1.82, 2.24) is 9.32 Å². The Bertz CT molecular complexity index is 653. The number of benzene rings is 1. The lowest BCUT2D eigenvalue weighted by Gasteiger charge is -2.11. The molecule has 0 aliphatic heterocycles. The van der Waals surface area contributed by atoms with Crippen LogP contribution in [-0.4, -0.2) is 9.32 Å². The SMILES string of the molecule is O=c1nc(C(F)(F)F)c2cc(Cl)ccc2n1P. The number of fused-ring (bicyclic) bond motifs is 1. The summed E-state index contributed by atoms with van der Waals surface area (Å²) in [6.07, 6.45) is -4.69. The van der Waals surface area contributed by atoms with E-state index in [0.29, 0.717) is 0 Å². The maximum Gasteiger partial charge on any atom is 0.434 e. The highest BCUT2D eigenvalue weighted by atomic mass is 35.5. The van der Waals surface area contributed by atoms with Gasteiger partial charge in [0.25, 0.3) is 0 Å². The minimum Gasteiger partial charge on any atom is -0.277 e. The lowest BCUT2D eigenvalue weighted by Crippen LogP contribution is -2.23. The Labute approximate surface area is 100 Å². The largest absolute Gasteiger partial charge is 0.434 e. The summed E-state index contributed by atoms with van der Waals surface area (Å²) in [6.45, 7) is 0. The molecule has 1 unspecified atom stereocenters. The minimum atomic E-state index is -4.69. The lowest BCUT2D eigenvalue weighted by molar-refractivity contribution is -0.140. The standard InChI is InChI=1S/C9H5ClF3N2OP/c10-4-1-2-6-5(3-4)7(9(11,12)13)14-8(16)15(6)17/h1-3H,17H2. The van der Waals surface area contributed by atoms with E-state index in [-0.39, 0.29) is 15.9 Å². The Kier molecular flexibility index (Phi) is 2.87. The molecule has 0 saturated carbocycles.